The summed E-state index contributed by atoms with van der Waals surface area (Å²) < 4.78 is 102. The molecule has 0 spiro atoms. The summed E-state index contributed by atoms with van der Waals surface area (Å²) in [6.07, 6.45) is -8.26. The van der Waals surface area contributed by atoms with E-state index >= 15 is 0 Å². The summed E-state index contributed by atoms with van der Waals surface area (Å²) >= 11 is 0. The number of hydrogen-bond acceptors (Lipinski definition) is 5. The van der Waals surface area contributed by atoms with Crippen molar-refractivity contribution >= 4 is 16.9 Å². The molecule has 1 aliphatic rings. The third-order valence-electron chi connectivity index (χ3n) is 6.73. The number of furan rings is 1. The second-order valence-corrected chi connectivity index (χ2v) is 9.63. The first-order chi connectivity index (χ1) is 18.9. The van der Waals surface area contributed by atoms with Crippen LogP contribution in [0.25, 0.3) is 22.3 Å². The number of carbonyl (C=O) groups excluding carboxylic acids is 1. The molecule has 1 fully saturated rings. The molecule has 3 unspecified atom stereocenters. The average molecular weight is 571 g/mol. The second-order valence-electron chi connectivity index (χ2n) is 9.63. The van der Waals surface area contributed by atoms with Crippen molar-refractivity contribution in [3.63, 3.8) is 0 Å². The summed E-state index contributed by atoms with van der Waals surface area (Å²) in [4.78, 5) is 11.5. The zero-order valence-electron chi connectivity index (χ0n) is 21.6. The monoisotopic (exact) mass is 570 g/mol. The van der Waals surface area contributed by atoms with Gasteiger partial charge in [-0.25, -0.2) is 4.79 Å². The minimum Gasteiger partial charge on any atom is -0.489 e. The Balaban J connectivity index is 1.59. The summed E-state index contributed by atoms with van der Waals surface area (Å²) in [5.74, 6) is -3.24. The largest absolute Gasteiger partial charge is 0.573 e. The van der Waals surface area contributed by atoms with E-state index in [0.717, 1.165) is 25.3 Å². The van der Waals surface area contributed by atoms with Crippen molar-refractivity contribution in [2.75, 3.05) is 0 Å². The predicted octanol–water partition coefficient (Wildman–Crippen LogP) is 8.55. The Morgan fingerprint density at radius 3 is 2.45 bits per heavy atom. The number of carbonyl (C=O) groups is 1. The zero-order valence-corrected chi connectivity index (χ0v) is 21.6. The van der Waals surface area contributed by atoms with Gasteiger partial charge in [0.2, 0.25) is 0 Å². The summed E-state index contributed by atoms with van der Waals surface area (Å²) in [5.41, 5.74) is 0.972. The van der Waals surface area contributed by atoms with Gasteiger partial charge in [-0.1, -0.05) is 32.4 Å². The molecule has 0 radical (unpaired) electrons. The number of rotatable bonds is 10. The lowest BCUT2D eigenvalue weighted by Gasteiger charge is -2.27. The highest BCUT2D eigenvalue weighted by atomic mass is 19.4. The molecule has 4 rings (SSSR count). The van der Waals surface area contributed by atoms with Crippen molar-refractivity contribution < 1.29 is 49.8 Å². The van der Waals surface area contributed by atoms with E-state index < -0.39 is 42.4 Å². The van der Waals surface area contributed by atoms with Crippen molar-refractivity contribution in [1.29, 1.82) is 0 Å². The van der Waals surface area contributed by atoms with Crippen LogP contribution >= 0.6 is 0 Å². The standard InChI is InChI=1S/C29H28F6O5/c1-3-5-6-7-17-8-11-20(25(14-17)40-29(33,34)35)24-15-18-9-10-19(16-23(18)38-24)37-21-12-13-22(39-26(36)4-2)27(21)28(30,31)32/h4,8-11,14-16,21-22,27H,2-3,5-7,12-13H2,1H3. The van der Waals surface area contributed by atoms with Gasteiger partial charge in [0.05, 0.1) is 5.56 Å². The Morgan fingerprint density at radius 2 is 1.77 bits per heavy atom. The Morgan fingerprint density at radius 1 is 1.02 bits per heavy atom. The first-order valence-corrected chi connectivity index (χ1v) is 12.9. The van der Waals surface area contributed by atoms with Gasteiger partial charge in [0.25, 0.3) is 0 Å². The fourth-order valence-electron chi connectivity index (χ4n) is 4.92. The van der Waals surface area contributed by atoms with Gasteiger partial charge in [-0.05, 0) is 61.6 Å². The molecule has 40 heavy (non-hydrogen) atoms. The van der Waals surface area contributed by atoms with Crippen molar-refractivity contribution in [3.8, 4) is 22.8 Å². The molecule has 0 aliphatic heterocycles. The first-order valence-electron chi connectivity index (χ1n) is 12.9. The van der Waals surface area contributed by atoms with Crippen molar-refractivity contribution in [2.45, 2.75) is 70.2 Å². The summed E-state index contributed by atoms with van der Waals surface area (Å²) in [6, 6.07) is 10.4. The van der Waals surface area contributed by atoms with Gasteiger partial charge in [-0.3, -0.25) is 0 Å². The maximum absolute atomic E-state index is 13.8. The van der Waals surface area contributed by atoms with Crippen molar-refractivity contribution in [3.05, 3.63) is 60.7 Å². The third kappa shape index (κ3) is 7.11. The van der Waals surface area contributed by atoms with Gasteiger partial charge in [-0.2, -0.15) is 13.2 Å². The number of halogens is 6. The normalized spacial score (nSPS) is 19.5. The van der Waals surface area contributed by atoms with Crippen LogP contribution in [0.4, 0.5) is 26.3 Å². The molecule has 216 valence electrons. The fraction of sp³-hybridized carbons (Fsp3) is 0.414. The minimum atomic E-state index is -4.92. The number of hydrogen-bond donors (Lipinski definition) is 0. The lowest BCUT2D eigenvalue weighted by atomic mass is 10.0. The maximum Gasteiger partial charge on any atom is 0.573 e. The number of esters is 1. The summed E-state index contributed by atoms with van der Waals surface area (Å²) in [7, 11) is 0. The summed E-state index contributed by atoms with van der Waals surface area (Å²) in [6.45, 7) is 5.24. The molecule has 5 nitrogen and oxygen atoms in total. The molecule has 0 bridgehead atoms. The van der Waals surface area contributed by atoms with Crippen LogP contribution in [0.5, 0.6) is 11.5 Å². The average Bonchev–Trinajstić information content (AvgIpc) is 3.46. The molecule has 3 aromatic rings. The number of alkyl halides is 6. The molecule has 3 atom stereocenters. The van der Waals surface area contributed by atoms with Gasteiger partial charge < -0.3 is 18.6 Å². The van der Waals surface area contributed by atoms with Crippen molar-refractivity contribution in [1.82, 2.24) is 0 Å². The van der Waals surface area contributed by atoms with Crippen LogP contribution in [-0.4, -0.2) is 30.7 Å². The van der Waals surface area contributed by atoms with Crippen LogP contribution in [-0.2, 0) is 16.0 Å². The van der Waals surface area contributed by atoms with E-state index in [-0.39, 0.29) is 35.5 Å². The highest BCUT2D eigenvalue weighted by Gasteiger charge is 2.55. The fourth-order valence-corrected chi connectivity index (χ4v) is 4.92. The predicted molar refractivity (Wildman–Crippen MR) is 135 cm³/mol. The van der Waals surface area contributed by atoms with E-state index in [9.17, 15) is 31.1 Å². The van der Waals surface area contributed by atoms with Crippen LogP contribution in [0, 0.1) is 5.92 Å². The number of aryl methyl sites for hydroxylation is 1. The van der Waals surface area contributed by atoms with Gasteiger partial charge >= 0.3 is 18.5 Å². The second kappa shape index (κ2) is 11.9. The van der Waals surface area contributed by atoms with Crippen LogP contribution in [0.3, 0.4) is 0 Å². The Bertz CT molecular complexity index is 1340. The minimum absolute atomic E-state index is 0.0105. The van der Waals surface area contributed by atoms with Gasteiger partial charge in [-0.15, -0.1) is 13.2 Å². The van der Waals surface area contributed by atoms with E-state index in [0.29, 0.717) is 17.4 Å². The first kappa shape index (κ1) is 29.4. The quantitative estimate of drug-likeness (QED) is 0.106. The lowest BCUT2D eigenvalue weighted by Crippen LogP contribution is -2.41. The van der Waals surface area contributed by atoms with Gasteiger partial charge in [0, 0.05) is 17.5 Å². The van der Waals surface area contributed by atoms with Crippen LogP contribution in [0.15, 0.2) is 59.5 Å². The number of unbranched alkanes of at least 4 members (excludes halogenated alkanes) is 2. The molecule has 2 aromatic carbocycles. The molecule has 11 heteroatoms. The van der Waals surface area contributed by atoms with Gasteiger partial charge in [0.15, 0.2) is 0 Å². The van der Waals surface area contributed by atoms with E-state index in [1.807, 2.05) is 6.92 Å². The third-order valence-corrected chi connectivity index (χ3v) is 6.73. The number of fused-ring (bicyclic) bond motifs is 1. The number of ether oxygens (including phenoxy) is 3. The molecule has 1 aromatic heterocycles. The zero-order chi connectivity index (χ0) is 29.1. The highest BCUT2D eigenvalue weighted by molar-refractivity contribution is 5.85. The molecule has 0 saturated heterocycles. The Hall–Kier alpha value is -3.63. The van der Waals surface area contributed by atoms with Crippen LogP contribution in [0.2, 0.25) is 0 Å². The van der Waals surface area contributed by atoms with E-state index in [1.54, 1.807) is 6.07 Å². The molecule has 1 saturated carbocycles. The van der Waals surface area contributed by atoms with E-state index in [4.69, 9.17) is 13.9 Å². The number of benzene rings is 2. The molecule has 1 heterocycles. The summed E-state index contributed by atoms with van der Waals surface area (Å²) in [5, 5.41) is 0.504. The Labute approximate surface area is 226 Å². The topological polar surface area (TPSA) is 57.9 Å². The molecule has 0 amide bonds. The van der Waals surface area contributed by atoms with Gasteiger partial charge in [0.1, 0.15) is 41.0 Å². The Kier molecular flexibility index (Phi) is 8.70. The van der Waals surface area contributed by atoms with Crippen LogP contribution < -0.4 is 9.47 Å². The maximum atomic E-state index is 13.8. The molecular formula is C29H28F6O5. The molecular weight excluding hydrogens is 542 g/mol. The van der Waals surface area contributed by atoms with Crippen LogP contribution in [0.1, 0.15) is 44.6 Å². The lowest BCUT2D eigenvalue weighted by molar-refractivity contribution is -0.274. The SMILES string of the molecule is C=CC(=O)OC1CCC(Oc2ccc3cc(-c4ccc(CCCCC)cc4OC(F)(F)F)oc3c2)C1C(F)(F)F. The van der Waals surface area contributed by atoms with E-state index in [2.05, 4.69) is 11.3 Å². The highest BCUT2D eigenvalue weighted by Crippen LogP contribution is 2.44. The smallest absolute Gasteiger partial charge is 0.489 e. The van der Waals surface area contributed by atoms with Crippen molar-refractivity contribution in [2.24, 2.45) is 5.92 Å². The molecule has 0 N–H and O–H groups in total. The molecule has 1 aliphatic carbocycles. The van der Waals surface area contributed by atoms with E-state index in [1.165, 1.54) is 36.4 Å².